The van der Waals surface area contributed by atoms with Gasteiger partial charge < -0.3 is 9.69 Å². The molecule has 0 bridgehead atoms. The fourth-order valence-electron chi connectivity index (χ4n) is 0.521. The molecule has 1 rings (SSSR count). The van der Waals surface area contributed by atoms with Crippen LogP contribution in [0.4, 0.5) is 0 Å². The highest BCUT2D eigenvalue weighted by molar-refractivity contribution is 8.03. The second-order valence-electron chi connectivity index (χ2n) is 1.61. The molecule has 1 atom stereocenters. The first-order valence-corrected chi connectivity index (χ1v) is 3.28. The fourth-order valence-corrected chi connectivity index (χ4v) is 1.27. The molecular weight excluding hydrogens is 122 g/mol. The van der Waals surface area contributed by atoms with Gasteiger partial charge in [0.05, 0.1) is 0 Å². The van der Waals surface area contributed by atoms with Crippen molar-refractivity contribution in [1.29, 1.82) is 0 Å². The number of rotatable bonds is 1. The van der Waals surface area contributed by atoms with Crippen molar-refractivity contribution < 1.29 is 4.79 Å². The summed E-state index contributed by atoms with van der Waals surface area (Å²) in [5, 5.41) is 1.94. The minimum absolute atomic E-state index is 0.0231. The Morgan fingerprint density at radius 3 is 2.88 bits per heavy atom. The van der Waals surface area contributed by atoms with Gasteiger partial charge in [-0.3, -0.25) is 0 Å². The van der Waals surface area contributed by atoms with Crippen LogP contribution in [0.15, 0.2) is 11.6 Å². The third-order valence-corrected chi connectivity index (χ3v) is 2.03. The normalized spacial score (nSPS) is 26.6. The Kier molecular flexibility index (Phi) is 1.58. The van der Waals surface area contributed by atoms with E-state index in [-0.39, 0.29) is 5.37 Å². The third kappa shape index (κ3) is 0.865. The van der Waals surface area contributed by atoms with Crippen LogP contribution in [-0.4, -0.2) is 23.6 Å². The molecule has 0 N–H and O–H groups in total. The Hall–Kier alpha value is -0.440. The summed E-state index contributed by atoms with van der Waals surface area (Å²) in [6.45, 7) is 0. The van der Waals surface area contributed by atoms with E-state index in [9.17, 15) is 4.79 Å². The van der Waals surface area contributed by atoms with Gasteiger partial charge in [0.25, 0.3) is 0 Å². The van der Waals surface area contributed by atoms with Gasteiger partial charge in [0.2, 0.25) is 0 Å². The summed E-state index contributed by atoms with van der Waals surface area (Å²) in [5.41, 5.74) is 0. The van der Waals surface area contributed by atoms with Crippen LogP contribution in [0.2, 0.25) is 0 Å². The minimum atomic E-state index is 0.0231. The van der Waals surface area contributed by atoms with E-state index in [0.29, 0.717) is 0 Å². The van der Waals surface area contributed by atoms with E-state index in [0.717, 1.165) is 6.29 Å². The zero-order chi connectivity index (χ0) is 5.98. The first-order valence-electron chi connectivity index (χ1n) is 2.34. The molecule has 8 heavy (non-hydrogen) atoms. The van der Waals surface area contributed by atoms with Crippen molar-refractivity contribution in [3.8, 4) is 0 Å². The lowest BCUT2D eigenvalue weighted by Crippen LogP contribution is -2.20. The zero-order valence-corrected chi connectivity index (χ0v) is 5.39. The van der Waals surface area contributed by atoms with Gasteiger partial charge in [-0.15, -0.1) is 0 Å². The highest BCUT2D eigenvalue weighted by Crippen LogP contribution is 2.20. The van der Waals surface area contributed by atoms with Crippen LogP contribution in [0.3, 0.4) is 0 Å². The van der Waals surface area contributed by atoms with E-state index in [2.05, 4.69) is 0 Å². The van der Waals surface area contributed by atoms with E-state index < -0.39 is 0 Å². The molecule has 0 aromatic rings. The highest BCUT2D eigenvalue weighted by Gasteiger charge is 2.13. The van der Waals surface area contributed by atoms with Gasteiger partial charge in [-0.05, 0) is 5.41 Å². The van der Waals surface area contributed by atoms with Gasteiger partial charge in [0, 0.05) is 13.2 Å². The molecule has 44 valence electrons. The first kappa shape index (κ1) is 5.69. The summed E-state index contributed by atoms with van der Waals surface area (Å²) < 4.78 is 0. The summed E-state index contributed by atoms with van der Waals surface area (Å²) >= 11 is 1.53. The molecule has 1 unspecified atom stereocenters. The standard InChI is InChI=1S/C5H7NOS/c1-6-2-3-8-5(6)4-7/h2-5H,1H3. The van der Waals surface area contributed by atoms with E-state index in [1.807, 2.05) is 23.6 Å². The Labute approximate surface area is 52.5 Å². The van der Waals surface area contributed by atoms with E-state index in [1.165, 1.54) is 11.8 Å². The molecule has 0 radical (unpaired) electrons. The average Bonchev–Trinajstić information content (AvgIpc) is 2.14. The molecule has 0 fully saturated rings. The van der Waals surface area contributed by atoms with Gasteiger partial charge in [-0.1, -0.05) is 11.8 Å². The number of aldehydes is 1. The maximum atomic E-state index is 10.1. The maximum absolute atomic E-state index is 10.1. The Bertz CT molecular complexity index is 124. The topological polar surface area (TPSA) is 20.3 Å². The quantitative estimate of drug-likeness (QED) is 0.485. The van der Waals surface area contributed by atoms with Gasteiger partial charge in [0.15, 0.2) is 6.29 Å². The first-order chi connectivity index (χ1) is 3.84. The molecule has 2 nitrogen and oxygen atoms in total. The van der Waals surface area contributed by atoms with Crippen molar-refractivity contribution in [3.05, 3.63) is 11.6 Å². The number of likely N-dealkylation sites (N-methyl/N-ethyl adjacent to an activating group) is 1. The van der Waals surface area contributed by atoms with Crippen LogP contribution in [0.1, 0.15) is 0 Å². The average molecular weight is 129 g/mol. The number of carbonyl (C=O) groups excluding carboxylic acids is 1. The monoisotopic (exact) mass is 129 g/mol. The van der Waals surface area contributed by atoms with Crippen LogP contribution >= 0.6 is 11.8 Å². The molecule has 1 heterocycles. The molecule has 1 aliphatic heterocycles. The van der Waals surface area contributed by atoms with Crippen LogP contribution in [0, 0.1) is 0 Å². The molecule has 1 aliphatic rings. The van der Waals surface area contributed by atoms with Crippen LogP contribution in [0.5, 0.6) is 0 Å². The molecule has 0 saturated carbocycles. The molecule has 0 aromatic heterocycles. The number of nitrogens with zero attached hydrogens (tertiary/aromatic N) is 1. The smallest absolute Gasteiger partial charge is 0.153 e. The lowest BCUT2D eigenvalue weighted by atomic mass is 10.6. The largest absolute Gasteiger partial charge is 0.362 e. The zero-order valence-electron chi connectivity index (χ0n) is 4.57. The molecule has 0 aliphatic carbocycles. The van der Waals surface area contributed by atoms with Crippen molar-refractivity contribution in [1.82, 2.24) is 4.90 Å². The lowest BCUT2D eigenvalue weighted by Gasteiger charge is -2.11. The summed E-state index contributed by atoms with van der Waals surface area (Å²) in [4.78, 5) is 12.0. The van der Waals surface area contributed by atoms with Gasteiger partial charge in [0.1, 0.15) is 5.37 Å². The Balaban J connectivity index is 2.50. The summed E-state index contributed by atoms with van der Waals surface area (Å²) in [7, 11) is 1.88. The second-order valence-corrected chi connectivity index (χ2v) is 2.64. The number of carbonyl (C=O) groups is 1. The summed E-state index contributed by atoms with van der Waals surface area (Å²) in [5.74, 6) is 0. The number of hydrogen-bond donors (Lipinski definition) is 0. The maximum Gasteiger partial charge on any atom is 0.153 e. The van der Waals surface area contributed by atoms with E-state index >= 15 is 0 Å². The third-order valence-electron chi connectivity index (χ3n) is 1.03. The molecule has 0 saturated heterocycles. The van der Waals surface area contributed by atoms with Gasteiger partial charge >= 0.3 is 0 Å². The van der Waals surface area contributed by atoms with E-state index in [1.54, 1.807) is 0 Å². The second kappa shape index (κ2) is 2.22. The minimum Gasteiger partial charge on any atom is -0.362 e. The van der Waals surface area contributed by atoms with Gasteiger partial charge in [-0.2, -0.15) is 0 Å². The molecule has 3 heteroatoms. The summed E-state index contributed by atoms with van der Waals surface area (Å²) in [6, 6.07) is 0. The van der Waals surface area contributed by atoms with Crippen molar-refractivity contribution in [2.24, 2.45) is 0 Å². The Morgan fingerprint density at radius 1 is 1.88 bits per heavy atom. The SMILES string of the molecule is CN1C=CSC1C=O. The Morgan fingerprint density at radius 2 is 2.62 bits per heavy atom. The molecule has 0 spiro atoms. The summed E-state index contributed by atoms with van der Waals surface area (Å²) in [6.07, 6.45) is 2.83. The van der Waals surface area contributed by atoms with Crippen LogP contribution in [0.25, 0.3) is 0 Å². The predicted octanol–water partition coefficient (Wildman–Crippen LogP) is 0.661. The molecule has 0 aromatic carbocycles. The number of hydrogen-bond acceptors (Lipinski definition) is 3. The van der Waals surface area contributed by atoms with Gasteiger partial charge in [-0.25, -0.2) is 0 Å². The molecule has 0 amide bonds. The van der Waals surface area contributed by atoms with E-state index in [4.69, 9.17) is 0 Å². The van der Waals surface area contributed by atoms with Crippen LogP contribution < -0.4 is 0 Å². The fraction of sp³-hybridized carbons (Fsp3) is 0.400. The van der Waals surface area contributed by atoms with Crippen molar-refractivity contribution in [2.45, 2.75) is 5.37 Å². The number of thioether (sulfide) groups is 1. The molecular formula is C5H7NOS. The lowest BCUT2D eigenvalue weighted by molar-refractivity contribution is -0.109. The van der Waals surface area contributed by atoms with Crippen molar-refractivity contribution in [3.63, 3.8) is 0 Å². The highest BCUT2D eigenvalue weighted by atomic mass is 32.2. The predicted molar refractivity (Wildman–Crippen MR) is 34.3 cm³/mol. The van der Waals surface area contributed by atoms with Crippen molar-refractivity contribution in [2.75, 3.05) is 7.05 Å². The van der Waals surface area contributed by atoms with Crippen LogP contribution in [-0.2, 0) is 4.79 Å². The van der Waals surface area contributed by atoms with Crippen molar-refractivity contribution >= 4 is 18.0 Å².